The maximum absolute atomic E-state index is 5.78. The second kappa shape index (κ2) is 11.4. The van der Waals surface area contributed by atoms with Gasteiger partial charge in [0.05, 0.1) is 6.54 Å². The van der Waals surface area contributed by atoms with Crippen LogP contribution in [0, 0.1) is 0 Å². The quantitative estimate of drug-likeness (QED) is 0.532. The summed E-state index contributed by atoms with van der Waals surface area (Å²) in [5.41, 5.74) is 1.14. The predicted molar refractivity (Wildman–Crippen MR) is 123 cm³/mol. The molecule has 7 nitrogen and oxygen atoms in total. The van der Waals surface area contributed by atoms with E-state index in [0.29, 0.717) is 13.2 Å². The Labute approximate surface area is 180 Å². The van der Waals surface area contributed by atoms with E-state index in [4.69, 9.17) is 4.74 Å². The Hall–Kier alpha value is -2.80. The van der Waals surface area contributed by atoms with Gasteiger partial charge in [0, 0.05) is 53.0 Å². The lowest BCUT2D eigenvalue weighted by Crippen LogP contribution is -2.46. The van der Waals surface area contributed by atoms with Gasteiger partial charge in [-0.05, 0) is 30.3 Å². The zero-order valence-electron chi connectivity index (χ0n) is 18.4. The normalized spacial score (nSPS) is 15.2. The molecule has 0 unspecified atom stereocenters. The number of nitrogens with zero attached hydrogens (tertiary/aromatic N) is 5. The molecule has 1 fully saturated rings. The van der Waals surface area contributed by atoms with Crippen LogP contribution in [0.15, 0.2) is 53.7 Å². The number of pyridine rings is 1. The molecule has 1 saturated heterocycles. The van der Waals surface area contributed by atoms with Gasteiger partial charge in [0.15, 0.2) is 5.96 Å². The molecule has 1 aliphatic heterocycles. The Morgan fingerprint density at radius 3 is 2.53 bits per heavy atom. The van der Waals surface area contributed by atoms with Crippen LogP contribution in [0.1, 0.15) is 12.5 Å². The summed E-state index contributed by atoms with van der Waals surface area (Å²) >= 11 is 0. The van der Waals surface area contributed by atoms with Crippen molar-refractivity contribution in [2.75, 3.05) is 64.9 Å². The van der Waals surface area contributed by atoms with E-state index in [0.717, 1.165) is 62.4 Å². The van der Waals surface area contributed by atoms with Crippen molar-refractivity contribution >= 4 is 11.8 Å². The summed E-state index contributed by atoms with van der Waals surface area (Å²) < 4.78 is 5.78. The smallest absolute Gasteiger partial charge is 0.193 e. The van der Waals surface area contributed by atoms with Crippen LogP contribution in [0.5, 0.6) is 5.75 Å². The highest BCUT2D eigenvalue weighted by molar-refractivity contribution is 5.79. The summed E-state index contributed by atoms with van der Waals surface area (Å²) in [6.07, 6.45) is 1.96. The highest BCUT2D eigenvalue weighted by Crippen LogP contribution is 2.14. The van der Waals surface area contributed by atoms with E-state index in [1.54, 1.807) is 7.05 Å². The summed E-state index contributed by atoms with van der Waals surface area (Å²) in [4.78, 5) is 16.0. The maximum Gasteiger partial charge on any atom is 0.193 e. The summed E-state index contributed by atoms with van der Waals surface area (Å²) in [5.74, 6) is 2.79. The number of guanidine groups is 1. The van der Waals surface area contributed by atoms with Crippen molar-refractivity contribution in [1.29, 1.82) is 0 Å². The Morgan fingerprint density at radius 2 is 1.90 bits per heavy atom. The topological polar surface area (TPSA) is 56.2 Å². The lowest BCUT2D eigenvalue weighted by Gasteiger charge is -2.34. The Morgan fingerprint density at radius 1 is 1.13 bits per heavy atom. The summed E-state index contributed by atoms with van der Waals surface area (Å²) in [6.45, 7) is 9.68. The monoisotopic (exact) mass is 410 g/mol. The van der Waals surface area contributed by atoms with E-state index in [9.17, 15) is 0 Å². The minimum atomic E-state index is 0.600. The highest BCUT2D eigenvalue weighted by atomic mass is 16.5. The fourth-order valence-electron chi connectivity index (χ4n) is 3.49. The van der Waals surface area contributed by atoms with Gasteiger partial charge in [0.2, 0.25) is 0 Å². The first-order valence-corrected chi connectivity index (χ1v) is 10.7. The fraction of sp³-hybridized carbons (Fsp3) is 0.478. The van der Waals surface area contributed by atoms with Crippen molar-refractivity contribution in [3.8, 4) is 5.75 Å². The minimum Gasteiger partial charge on any atom is -0.492 e. The molecule has 1 aromatic heterocycles. The van der Waals surface area contributed by atoms with Gasteiger partial charge >= 0.3 is 0 Å². The number of piperazine rings is 1. The van der Waals surface area contributed by atoms with E-state index >= 15 is 0 Å². The number of likely N-dealkylation sites (N-methyl/N-ethyl adjacent to an activating group) is 2. The zero-order valence-corrected chi connectivity index (χ0v) is 18.4. The molecule has 0 aliphatic carbocycles. The Balaban J connectivity index is 1.43. The molecule has 3 rings (SSSR count). The predicted octanol–water partition coefficient (Wildman–Crippen LogP) is 2.31. The van der Waals surface area contributed by atoms with Crippen LogP contribution in [0.3, 0.4) is 0 Å². The average Bonchev–Trinajstić information content (AvgIpc) is 2.81. The third-order valence-corrected chi connectivity index (χ3v) is 5.42. The molecule has 0 amide bonds. The molecular formula is C23H34N6O. The van der Waals surface area contributed by atoms with Gasteiger partial charge in [0.25, 0.3) is 0 Å². The summed E-state index contributed by atoms with van der Waals surface area (Å²) in [5, 5.41) is 3.41. The number of hydrogen-bond donors (Lipinski definition) is 1. The molecular weight excluding hydrogens is 376 g/mol. The lowest BCUT2D eigenvalue weighted by atomic mass is 10.2. The van der Waals surface area contributed by atoms with Crippen molar-refractivity contribution in [1.82, 2.24) is 20.1 Å². The van der Waals surface area contributed by atoms with E-state index in [1.165, 1.54) is 0 Å². The third kappa shape index (κ3) is 6.35. The molecule has 2 aromatic rings. The second-order valence-electron chi connectivity index (χ2n) is 7.43. The van der Waals surface area contributed by atoms with Crippen molar-refractivity contribution in [2.24, 2.45) is 4.99 Å². The molecule has 30 heavy (non-hydrogen) atoms. The van der Waals surface area contributed by atoms with Gasteiger partial charge in [-0.15, -0.1) is 0 Å². The number of benzene rings is 1. The number of hydrogen-bond acceptors (Lipinski definition) is 5. The largest absolute Gasteiger partial charge is 0.492 e. The van der Waals surface area contributed by atoms with E-state index in [-0.39, 0.29) is 0 Å². The Kier molecular flexibility index (Phi) is 8.32. The summed E-state index contributed by atoms with van der Waals surface area (Å²) in [6, 6.07) is 14.1. The first-order valence-electron chi connectivity index (χ1n) is 10.7. The van der Waals surface area contributed by atoms with Crippen LogP contribution in [0.4, 0.5) is 5.82 Å². The van der Waals surface area contributed by atoms with Crippen LogP contribution in [-0.4, -0.2) is 80.7 Å². The minimum absolute atomic E-state index is 0.600. The van der Waals surface area contributed by atoms with Gasteiger partial charge in [-0.2, -0.15) is 0 Å². The first kappa shape index (κ1) is 21.9. The van der Waals surface area contributed by atoms with Gasteiger partial charge < -0.3 is 24.8 Å². The van der Waals surface area contributed by atoms with Gasteiger partial charge in [-0.3, -0.25) is 4.99 Å². The third-order valence-electron chi connectivity index (χ3n) is 5.42. The van der Waals surface area contributed by atoms with Crippen molar-refractivity contribution in [3.63, 3.8) is 0 Å². The van der Waals surface area contributed by atoms with E-state index < -0.39 is 0 Å². The second-order valence-corrected chi connectivity index (χ2v) is 7.43. The van der Waals surface area contributed by atoms with Gasteiger partial charge in [-0.1, -0.05) is 31.2 Å². The lowest BCUT2D eigenvalue weighted by molar-refractivity contribution is 0.270. The summed E-state index contributed by atoms with van der Waals surface area (Å²) in [7, 11) is 3.81. The molecule has 2 heterocycles. The number of aromatic nitrogens is 1. The standard InChI is InChI=1S/C23H34N6O/c1-4-28-12-14-29(15-13-28)22-11-10-20(18-25-22)19-26-23(24-2)27(3)16-17-30-21-8-6-5-7-9-21/h5-11,18H,4,12-17,19H2,1-3H3,(H,24,26). The molecule has 1 aromatic carbocycles. The molecule has 0 bridgehead atoms. The molecule has 0 spiro atoms. The maximum atomic E-state index is 5.78. The average molecular weight is 411 g/mol. The number of ether oxygens (including phenoxy) is 1. The molecule has 0 saturated carbocycles. The molecule has 0 atom stereocenters. The van der Waals surface area contributed by atoms with Crippen molar-refractivity contribution < 1.29 is 4.74 Å². The zero-order chi connectivity index (χ0) is 21.2. The molecule has 162 valence electrons. The number of rotatable bonds is 8. The van der Waals surface area contributed by atoms with Crippen LogP contribution in [-0.2, 0) is 6.54 Å². The first-order chi connectivity index (χ1) is 14.7. The van der Waals surface area contributed by atoms with Gasteiger partial charge in [0.1, 0.15) is 18.2 Å². The number of anilines is 1. The Bertz CT molecular complexity index is 772. The number of nitrogens with one attached hydrogen (secondary N) is 1. The SMILES string of the molecule is CCN1CCN(c2ccc(CNC(=NC)N(C)CCOc3ccccc3)cn2)CC1. The molecule has 1 aliphatic rings. The van der Waals surface area contributed by atoms with E-state index in [1.807, 2.05) is 43.6 Å². The molecule has 1 N–H and O–H groups in total. The highest BCUT2D eigenvalue weighted by Gasteiger charge is 2.16. The number of para-hydroxylation sites is 1. The van der Waals surface area contributed by atoms with Crippen LogP contribution < -0.4 is 15.0 Å². The molecule has 7 heteroatoms. The fourth-order valence-corrected chi connectivity index (χ4v) is 3.49. The molecule has 0 radical (unpaired) electrons. The van der Waals surface area contributed by atoms with Crippen LogP contribution >= 0.6 is 0 Å². The van der Waals surface area contributed by atoms with Crippen LogP contribution in [0.2, 0.25) is 0 Å². The van der Waals surface area contributed by atoms with Crippen molar-refractivity contribution in [3.05, 3.63) is 54.2 Å². The van der Waals surface area contributed by atoms with Crippen LogP contribution in [0.25, 0.3) is 0 Å². The van der Waals surface area contributed by atoms with Gasteiger partial charge in [-0.25, -0.2) is 4.98 Å². The van der Waals surface area contributed by atoms with E-state index in [2.05, 4.69) is 49.0 Å². The number of aliphatic imine (C=N–C) groups is 1. The van der Waals surface area contributed by atoms with Crippen molar-refractivity contribution in [2.45, 2.75) is 13.5 Å².